The normalized spacial score (nSPS) is 11.3. The second-order valence-corrected chi connectivity index (χ2v) is 6.27. The van der Waals surface area contributed by atoms with Crippen molar-refractivity contribution in [2.24, 2.45) is 0 Å². The van der Waals surface area contributed by atoms with Crippen molar-refractivity contribution in [2.75, 3.05) is 26.8 Å². The largest absolute Gasteiger partial charge is 0.494 e. The van der Waals surface area contributed by atoms with Gasteiger partial charge in [-0.3, -0.25) is 4.79 Å². The average Bonchev–Trinajstić information content (AvgIpc) is 2.43. The third-order valence-electron chi connectivity index (χ3n) is 3.39. The highest BCUT2D eigenvalue weighted by Crippen LogP contribution is 2.24. The van der Waals surface area contributed by atoms with E-state index >= 15 is 0 Å². The summed E-state index contributed by atoms with van der Waals surface area (Å²) in [6.07, 6.45) is 1.12. The summed E-state index contributed by atoms with van der Waals surface area (Å²) >= 11 is 0. The summed E-state index contributed by atoms with van der Waals surface area (Å²) in [4.78, 5) is 13.2. The maximum atomic E-state index is 11.7. The Hall–Kier alpha value is -1.55. The molecular formula is C17H27NO3. The predicted molar refractivity (Wildman–Crippen MR) is 84.6 cm³/mol. The Morgan fingerprint density at radius 1 is 1.24 bits per heavy atom. The number of benzene rings is 1. The molecule has 0 spiro atoms. The molecule has 0 radical (unpaired) electrons. The van der Waals surface area contributed by atoms with E-state index < -0.39 is 0 Å². The Balaban J connectivity index is 2.32. The maximum absolute atomic E-state index is 11.7. The molecule has 0 fully saturated rings. The second kappa shape index (κ2) is 8.03. The zero-order valence-corrected chi connectivity index (χ0v) is 13.6. The van der Waals surface area contributed by atoms with E-state index in [0.29, 0.717) is 26.0 Å². The molecule has 0 aliphatic heterocycles. The number of ether oxygens (including phenoxy) is 1. The first-order valence-corrected chi connectivity index (χ1v) is 7.43. The fraction of sp³-hybridized carbons (Fsp3) is 0.588. The molecule has 0 aliphatic carbocycles. The second-order valence-electron chi connectivity index (χ2n) is 6.27. The Kier molecular flexibility index (Phi) is 6.69. The molecule has 1 amide bonds. The van der Waals surface area contributed by atoms with Crippen LogP contribution in [0.1, 0.15) is 39.2 Å². The lowest BCUT2D eigenvalue weighted by Gasteiger charge is -2.19. The van der Waals surface area contributed by atoms with E-state index in [1.54, 1.807) is 7.05 Å². The Labute approximate surface area is 127 Å². The number of hydrogen-bond acceptors (Lipinski definition) is 3. The molecule has 0 atom stereocenters. The molecule has 0 unspecified atom stereocenters. The Morgan fingerprint density at radius 3 is 2.38 bits per heavy atom. The van der Waals surface area contributed by atoms with Gasteiger partial charge in [-0.25, -0.2) is 0 Å². The van der Waals surface area contributed by atoms with Crippen LogP contribution in [-0.4, -0.2) is 42.7 Å². The minimum Gasteiger partial charge on any atom is -0.494 e. The summed E-state index contributed by atoms with van der Waals surface area (Å²) in [6, 6.07) is 8.10. The highest BCUT2D eigenvalue weighted by atomic mass is 16.5. The molecule has 0 bridgehead atoms. The number of aliphatic hydroxyl groups excluding tert-OH is 1. The van der Waals surface area contributed by atoms with Crippen molar-refractivity contribution in [3.05, 3.63) is 29.8 Å². The quantitative estimate of drug-likeness (QED) is 0.786. The first kappa shape index (κ1) is 17.5. The fourth-order valence-corrected chi connectivity index (χ4v) is 1.93. The molecule has 0 saturated heterocycles. The summed E-state index contributed by atoms with van der Waals surface area (Å²) in [5.41, 5.74) is 1.41. The van der Waals surface area contributed by atoms with Crippen LogP contribution in [0.3, 0.4) is 0 Å². The Morgan fingerprint density at radius 2 is 1.86 bits per heavy atom. The van der Waals surface area contributed by atoms with E-state index in [4.69, 9.17) is 9.84 Å². The third-order valence-corrected chi connectivity index (χ3v) is 3.39. The highest BCUT2D eigenvalue weighted by Gasteiger charge is 2.13. The topological polar surface area (TPSA) is 49.8 Å². The van der Waals surface area contributed by atoms with E-state index in [-0.39, 0.29) is 17.9 Å². The minimum absolute atomic E-state index is 0.00113. The summed E-state index contributed by atoms with van der Waals surface area (Å²) in [5, 5.41) is 8.77. The summed E-state index contributed by atoms with van der Waals surface area (Å²) in [6.45, 7) is 7.44. The van der Waals surface area contributed by atoms with Gasteiger partial charge < -0.3 is 14.7 Å². The zero-order valence-electron chi connectivity index (χ0n) is 13.6. The van der Waals surface area contributed by atoms with Crippen molar-refractivity contribution in [1.29, 1.82) is 0 Å². The molecule has 1 N–H and O–H groups in total. The number of nitrogens with zero attached hydrogens (tertiary/aromatic N) is 1. The van der Waals surface area contributed by atoms with Crippen LogP contribution in [0.5, 0.6) is 5.75 Å². The van der Waals surface area contributed by atoms with Gasteiger partial charge in [0.1, 0.15) is 5.75 Å². The van der Waals surface area contributed by atoms with Gasteiger partial charge in [-0.05, 0) is 29.5 Å². The molecule has 4 nitrogen and oxygen atoms in total. The van der Waals surface area contributed by atoms with Gasteiger partial charge in [0, 0.05) is 20.0 Å². The van der Waals surface area contributed by atoms with E-state index in [2.05, 4.69) is 32.9 Å². The molecule has 1 aromatic rings. The summed E-state index contributed by atoms with van der Waals surface area (Å²) in [7, 11) is 1.70. The van der Waals surface area contributed by atoms with Crippen LogP contribution in [0, 0.1) is 0 Å². The van der Waals surface area contributed by atoms with E-state index in [0.717, 1.165) is 5.75 Å². The van der Waals surface area contributed by atoms with Crippen molar-refractivity contribution in [2.45, 2.75) is 39.0 Å². The zero-order chi connectivity index (χ0) is 15.9. The molecule has 0 aliphatic rings. The van der Waals surface area contributed by atoms with E-state index in [1.807, 2.05) is 12.1 Å². The lowest BCUT2D eigenvalue weighted by molar-refractivity contribution is -0.130. The van der Waals surface area contributed by atoms with Crippen molar-refractivity contribution < 1.29 is 14.6 Å². The molecule has 118 valence electrons. The molecular weight excluding hydrogens is 266 g/mol. The number of carbonyl (C=O) groups excluding carboxylic acids is 1. The Bertz CT molecular complexity index is 434. The van der Waals surface area contributed by atoms with Crippen LogP contribution in [0.15, 0.2) is 24.3 Å². The van der Waals surface area contributed by atoms with Crippen molar-refractivity contribution in [1.82, 2.24) is 4.90 Å². The summed E-state index contributed by atoms with van der Waals surface area (Å²) in [5.74, 6) is 0.870. The van der Waals surface area contributed by atoms with Gasteiger partial charge in [0.2, 0.25) is 5.91 Å². The van der Waals surface area contributed by atoms with Crippen LogP contribution >= 0.6 is 0 Å². The van der Waals surface area contributed by atoms with Gasteiger partial charge in [-0.1, -0.05) is 32.9 Å². The van der Waals surface area contributed by atoms with Gasteiger partial charge >= 0.3 is 0 Å². The third kappa shape index (κ3) is 6.17. The highest BCUT2D eigenvalue weighted by molar-refractivity contribution is 5.75. The van der Waals surface area contributed by atoms with Crippen LogP contribution in [-0.2, 0) is 10.2 Å². The van der Waals surface area contributed by atoms with Gasteiger partial charge in [0.25, 0.3) is 0 Å². The molecule has 0 saturated carbocycles. The fourth-order valence-electron chi connectivity index (χ4n) is 1.93. The van der Waals surface area contributed by atoms with Crippen LogP contribution in [0.2, 0.25) is 0 Å². The molecule has 4 heteroatoms. The lowest BCUT2D eigenvalue weighted by atomic mass is 9.87. The van der Waals surface area contributed by atoms with Gasteiger partial charge in [0.15, 0.2) is 0 Å². The molecule has 0 heterocycles. The van der Waals surface area contributed by atoms with Crippen LogP contribution in [0.4, 0.5) is 0 Å². The van der Waals surface area contributed by atoms with Gasteiger partial charge in [0.05, 0.1) is 13.2 Å². The van der Waals surface area contributed by atoms with Crippen molar-refractivity contribution >= 4 is 5.91 Å². The van der Waals surface area contributed by atoms with Crippen LogP contribution < -0.4 is 4.74 Å². The average molecular weight is 293 g/mol. The van der Waals surface area contributed by atoms with Crippen molar-refractivity contribution in [3.8, 4) is 5.75 Å². The number of amides is 1. The standard InChI is InChI=1S/C17H27NO3/c1-17(2,3)14-7-9-15(10-8-14)21-13-5-6-16(20)18(4)11-12-19/h7-10,19H,5-6,11-13H2,1-4H3. The first-order chi connectivity index (χ1) is 9.84. The van der Waals surface area contributed by atoms with E-state index in [1.165, 1.54) is 10.5 Å². The molecule has 1 aromatic carbocycles. The maximum Gasteiger partial charge on any atom is 0.222 e. The predicted octanol–water partition coefficient (Wildman–Crippen LogP) is 2.59. The number of carbonyl (C=O) groups is 1. The number of hydrogen-bond donors (Lipinski definition) is 1. The number of rotatable bonds is 7. The first-order valence-electron chi connectivity index (χ1n) is 7.43. The number of aliphatic hydroxyl groups is 1. The van der Waals surface area contributed by atoms with Gasteiger partial charge in [-0.15, -0.1) is 0 Å². The van der Waals surface area contributed by atoms with Gasteiger partial charge in [-0.2, -0.15) is 0 Å². The lowest BCUT2D eigenvalue weighted by Crippen LogP contribution is -2.29. The molecule has 21 heavy (non-hydrogen) atoms. The monoisotopic (exact) mass is 293 g/mol. The summed E-state index contributed by atoms with van der Waals surface area (Å²) < 4.78 is 5.64. The smallest absolute Gasteiger partial charge is 0.222 e. The molecule has 0 aromatic heterocycles. The number of likely N-dealkylation sites (N-methyl/N-ethyl adjacent to an activating group) is 1. The SMILES string of the molecule is CN(CCO)C(=O)CCCOc1ccc(C(C)(C)C)cc1. The van der Waals surface area contributed by atoms with Crippen LogP contribution in [0.25, 0.3) is 0 Å². The minimum atomic E-state index is -0.00113. The van der Waals surface area contributed by atoms with E-state index in [9.17, 15) is 4.79 Å². The molecule has 1 rings (SSSR count). The van der Waals surface area contributed by atoms with Crippen molar-refractivity contribution in [3.63, 3.8) is 0 Å².